The number of hydrogen-bond acceptors (Lipinski definition) is 5. The Bertz CT molecular complexity index is 550. The molecular formula is C8H11AsN4O3. The van der Waals surface area contributed by atoms with Gasteiger partial charge in [0, 0.05) is 0 Å². The molecule has 0 aromatic carbocycles. The molecule has 1 N–H and O–H groups in total. The molecule has 0 fully saturated rings. The van der Waals surface area contributed by atoms with Gasteiger partial charge in [0.05, 0.1) is 0 Å². The SMILES string of the molecule is O=c1c2ncn(COCCO)c2ncn1[AsH2]. The van der Waals surface area contributed by atoms with Crippen LogP contribution >= 0.6 is 0 Å². The van der Waals surface area contributed by atoms with E-state index in [1.807, 2.05) is 0 Å². The van der Waals surface area contributed by atoms with E-state index in [0.717, 1.165) is 17.1 Å². The molecule has 0 aliphatic rings. The summed E-state index contributed by atoms with van der Waals surface area (Å²) in [7, 11) is 0. The van der Waals surface area contributed by atoms with E-state index in [0.29, 0.717) is 11.2 Å². The maximum absolute atomic E-state index is 11.7. The summed E-state index contributed by atoms with van der Waals surface area (Å²) >= 11 is 1.16. The van der Waals surface area contributed by atoms with Gasteiger partial charge in [0.1, 0.15) is 0 Å². The number of hydrogen-bond donors (Lipinski definition) is 1. The molecule has 1 unspecified atom stereocenters. The summed E-state index contributed by atoms with van der Waals surface area (Å²) in [5.41, 5.74) is 0.669. The van der Waals surface area contributed by atoms with Gasteiger partial charge in [0.15, 0.2) is 0 Å². The molecule has 2 rings (SSSR count). The molecule has 0 saturated heterocycles. The molecule has 0 bridgehead atoms. The summed E-state index contributed by atoms with van der Waals surface area (Å²) in [5.74, 6) is 0. The predicted molar refractivity (Wildman–Crippen MR) is 58.8 cm³/mol. The second-order valence-corrected chi connectivity index (χ2v) is 4.27. The Labute approximate surface area is 99.4 Å². The Hall–Kier alpha value is -1.17. The fourth-order valence-electron chi connectivity index (χ4n) is 1.28. The van der Waals surface area contributed by atoms with Crippen molar-refractivity contribution < 1.29 is 9.84 Å². The number of ether oxygens (including phenoxy) is 1. The summed E-state index contributed by atoms with van der Waals surface area (Å²) in [6.45, 7) is 0.431. The molecular weight excluding hydrogens is 275 g/mol. The van der Waals surface area contributed by atoms with Crippen LogP contribution in [0, 0.1) is 0 Å². The molecule has 8 heteroatoms. The van der Waals surface area contributed by atoms with Gasteiger partial charge in [0.2, 0.25) is 0 Å². The van der Waals surface area contributed by atoms with E-state index in [1.54, 1.807) is 4.57 Å². The van der Waals surface area contributed by atoms with Crippen molar-refractivity contribution in [1.82, 2.24) is 18.0 Å². The third kappa shape index (κ3) is 2.02. The molecule has 1 atom stereocenters. The van der Waals surface area contributed by atoms with E-state index < -0.39 is 0 Å². The summed E-state index contributed by atoms with van der Waals surface area (Å²) in [5, 5.41) is 8.57. The average molecular weight is 286 g/mol. The second-order valence-electron chi connectivity index (χ2n) is 3.10. The van der Waals surface area contributed by atoms with E-state index >= 15 is 0 Å². The molecule has 16 heavy (non-hydrogen) atoms. The standard InChI is InChI=1S/C8H11AsN4O3/c9-13-4-11-7-6(8(13)15)10-3-12(7)5-16-2-1-14/h3-4,14H,1-2,5,9H2. The molecule has 2 aromatic heterocycles. The van der Waals surface area contributed by atoms with E-state index in [4.69, 9.17) is 9.84 Å². The van der Waals surface area contributed by atoms with Crippen LogP contribution in [-0.4, -0.2) is 53.4 Å². The van der Waals surface area contributed by atoms with Crippen LogP contribution < -0.4 is 5.56 Å². The first-order chi connectivity index (χ1) is 7.74. The van der Waals surface area contributed by atoms with E-state index in [2.05, 4.69) is 9.97 Å². The van der Waals surface area contributed by atoms with Gasteiger partial charge in [-0.25, -0.2) is 0 Å². The first-order valence-electron chi connectivity index (χ1n) is 4.60. The van der Waals surface area contributed by atoms with Gasteiger partial charge in [-0.15, -0.1) is 0 Å². The van der Waals surface area contributed by atoms with E-state index in [-0.39, 0.29) is 25.5 Å². The van der Waals surface area contributed by atoms with Gasteiger partial charge < -0.3 is 0 Å². The molecule has 0 saturated carbocycles. The van der Waals surface area contributed by atoms with Gasteiger partial charge in [-0.2, -0.15) is 0 Å². The Balaban J connectivity index is 2.35. The number of aliphatic hydroxyl groups excluding tert-OH is 1. The monoisotopic (exact) mass is 286 g/mol. The summed E-state index contributed by atoms with van der Waals surface area (Å²) in [6.07, 6.45) is 2.97. The molecule has 7 nitrogen and oxygen atoms in total. The van der Waals surface area contributed by atoms with Crippen LogP contribution in [-0.2, 0) is 11.5 Å². The normalized spacial score (nSPS) is 11.1. The van der Waals surface area contributed by atoms with Crippen molar-refractivity contribution in [1.29, 1.82) is 0 Å². The minimum atomic E-state index is -0.161. The zero-order valence-corrected chi connectivity index (χ0v) is 10.8. The second kappa shape index (κ2) is 4.78. The van der Waals surface area contributed by atoms with Gasteiger partial charge in [-0.05, 0) is 0 Å². The van der Waals surface area contributed by atoms with Gasteiger partial charge >= 0.3 is 99.1 Å². The van der Waals surface area contributed by atoms with Crippen molar-refractivity contribution in [2.24, 2.45) is 0 Å². The predicted octanol–water partition coefficient (Wildman–Crippen LogP) is -2.04. The molecule has 0 spiro atoms. The van der Waals surface area contributed by atoms with Crippen LogP contribution in [0.15, 0.2) is 17.4 Å². The average Bonchev–Trinajstić information content (AvgIpc) is 2.68. The third-order valence-electron chi connectivity index (χ3n) is 2.02. The number of fused-ring (bicyclic) bond motifs is 1. The van der Waals surface area contributed by atoms with Gasteiger partial charge in [-0.3, -0.25) is 0 Å². The Kier molecular flexibility index (Phi) is 3.38. The van der Waals surface area contributed by atoms with Gasteiger partial charge in [-0.1, -0.05) is 0 Å². The number of nitrogens with zero attached hydrogens (tertiary/aromatic N) is 4. The first kappa shape index (κ1) is 11.3. The fourth-order valence-corrected chi connectivity index (χ4v) is 1.67. The topological polar surface area (TPSA) is 82.2 Å². The zero-order valence-electron chi connectivity index (χ0n) is 8.41. The molecule has 2 heterocycles. The van der Waals surface area contributed by atoms with Gasteiger partial charge in [0.25, 0.3) is 0 Å². The molecule has 0 aliphatic carbocycles. The third-order valence-corrected chi connectivity index (χ3v) is 2.79. The van der Waals surface area contributed by atoms with E-state index in [9.17, 15) is 4.79 Å². The van der Waals surface area contributed by atoms with Crippen LogP contribution in [0.2, 0.25) is 0 Å². The zero-order chi connectivity index (χ0) is 11.5. The molecule has 86 valence electrons. The van der Waals surface area contributed by atoms with Crippen molar-refractivity contribution >= 4 is 28.2 Å². The number of aromatic nitrogens is 4. The van der Waals surface area contributed by atoms with E-state index in [1.165, 1.54) is 16.1 Å². The van der Waals surface area contributed by atoms with Crippen LogP contribution in [0.25, 0.3) is 11.2 Å². The fraction of sp³-hybridized carbons (Fsp3) is 0.375. The Morgan fingerprint density at radius 3 is 3.00 bits per heavy atom. The summed E-state index contributed by atoms with van der Waals surface area (Å²) < 4.78 is 8.19. The minimum absolute atomic E-state index is 0.0374. The Morgan fingerprint density at radius 1 is 1.44 bits per heavy atom. The van der Waals surface area contributed by atoms with Crippen LogP contribution in [0.1, 0.15) is 0 Å². The first-order valence-corrected chi connectivity index (χ1v) is 5.68. The number of rotatable bonds is 4. The number of imidazole rings is 1. The van der Waals surface area contributed by atoms with Crippen molar-refractivity contribution in [2.45, 2.75) is 6.73 Å². The maximum atomic E-state index is 11.7. The molecule has 0 amide bonds. The van der Waals surface area contributed by atoms with Crippen LogP contribution in [0.5, 0.6) is 0 Å². The summed E-state index contributed by atoms with van der Waals surface area (Å²) in [4.78, 5) is 19.8. The Morgan fingerprint density at radius 2 is 2.25 bits per heavy atom. The van der Waals surface area contributed by atoms with Crippen molar-refractivity contribution in [3.63, 3.8) is 0 Å². The molecule has 0 radical (unpaired) electrons. The van der Waals surface area contributed by atoms with Crippen molar-refractivity contribution in [3.8, 4) is 0 Å². The quantitative estimate of drug-likeness (QED) is 0.517. The van der Waals surface area contributed by atoms with Crippen molar-refractivity contribution in [3.05, 3.63) is 23.0 Å². The molecule has 2 aromatic rings. The van der Waals surface area contributed by atoms with Crippen molar-refractivity contribution in [2.75, 3.05) is 13.2 Å². The van der Waals surface area contributed by atoms with Crippen LogP contribution in [0.4, 0.5) is 0 Å². The molecule has 0 aliphatic heterocycles. The summed E-state index contributed by atoms with van der Waals surface area (Å²) in [6, 6.07) is 0. The van der Waals surface area contributed by atoms with Crippen LogP contribution in [0.3, 0.4) is 0 Å². The number of aliphatic hydroxyl groups is 1.